The lowest BCUT2D eigenvalue weighted by atomic mass is 9.97. The maximum atomic E-state index is 11.5. The second-order valence-corrected chi connectivity index (χ2v) is 6.99. The molecule has 0 bridgehead atoms. The highest BCUT2D eigenvalue weighted by Crippen LogP contribution is 2.41. The van der Waals surface area contributed by atoms with Crippen molar-refractivity contribution in [1.82, 2.24) is 5.32 Å². The van der Waals surface area contributed by atoms with Crippen molar-refractivity contribution in [2.24, 2.45) is 0 Å². The van der Waals surface area contributed by atoms with Gasteiger partial charge in [0.05, 0.1) is 13.7 Å². The fourth-order valence-electron chi connectivity index (χ4n) is 2.63. The molecular weight excluding hydrogens is 385 g/mol. The van der Waals surface area contributed by atoms with E-state index in [0.717, 1.165) is 0 Å². The number of nitrogens with one attached hydrogen (secondary N) is 1. The van der Waals surface area contributed by atoms with Crippen molar-refractivity contribution >= 4 is 13.7 Å². The number of phosphoric ester groups is 1. The van der Waals surface area contributed by atoms with Gasteiger partial charge in [0.1, 0.15) is 35.9 Å². The van der Waals surface area contributed by atoms with E-state index in [4.69, 9.17) is 24.0 Å². The van der Waals surface area contributed by atoms with Crippen molar-refractivity contribution in [2.45, 2.75) is 37.6 Å². The van der Waals surface area contributed by atoms with Gasteiger partial charge >= 0.3 is 7.82 Å². The summed E-state index contributed by atoms with van der Waals surface area (Å²) in [4.78, 5) is 29.5. The molecule has 1 fully saturated rings. The van der Waals surface area contributed by atoms with Gasteiger partial charge in [-0.05, 0) is 24.3 Å². The van der Waals surface area contributed by atoms with Crippen molar-refractivity contribution in [2.75, 3.05) is 13.7 Å². The fourth-order valence-corrected chi connectivity index (χ4v) is 3.21. The zero-order valence-corrected chi connectivity index (χ0v) is 15.5. The zero-order chi connectivity index (χ0) is 20.2. The Hall–Kier alpha value is -1.72. The molecule has 0 spiro atoms. The molecule has 0 aromatic heterocycles. The van der Waals surface area contributed by atoms with E-state index in [1.807, 2.05) is 0 Å². The maximum absolute atomic E-state index is 11.5. The molecule has 12 heteroatoms. The van der Waals surface area contributed by atoms with Gasteiger partial charge in [-0.3, -0.25) is 9.32 Å². The Balaban J connectivity index is 2.25. The molecule has 1 heterocycles. The third kappa shape index (κ3) is 5.88. The number of methoxy groups -OCH3 is 1. The van der Waals surface area contributed by atoms with Gasteiger partial charge in [-0.25, -0.2) is 4.57 Å². The highest BCUT2D eigenvalue weighted by atomic mass is 31.2. The van der Waals surface area contributed by atoms with Crippen molar-refractivity contribution in [3.05, 3.63) is 24.3 Å². The van der Waals surface area contributed by atoms with Gasteiger partial charge in [-0.2, -0.15) is 0 Å². The smallest absolute Gasteiger partial charge is 0.470 e. The molecule has 0 saturated carbocycles. The first-order chi connectivity index (χ1) is 12.6. The summed E-state index contributed by atoms with van der Waals surface area (Å²) in [5.74, 6) is 0.353. The van der Waals surface area contributed by atoms with Crippen LogP contribution in [0.25, 0.3) is 0 Å². The molecule has 1 aliphatic rings. The average Bonchev–Trinajstić information content (AvgIpc) is 2.59. The van der Waals surface area contributed by atoms with E-state index in [1.54, 1.807) is 24.3 Å². The quantitative estimate of drug-likeness (QED) is 0.359. The fraction of sp³-hybridized carbons (Fsp3) is 0.533. The standard InChI is InChI=1S/C15H22NO10P/c1-8(18)16-12-13(19)14(26-27(20,21)22)11(7-17)25-15(12)24-10-5-3-9(23-2)4-6-10/h3-6,11-15,17,19H,7H2,1-2H3,(H,16,18)(H2,20,21,22)/t11-,12-,13-,14+,15-/m1/s1. The third-order valence-electron chi connectivity index (χ3n) is 3.79. The summed E-state index contributed by atoms with van der Waals surface area (Å²) in [7, 11) is -3.50. The molecule has 1 saturated heterocycles. The van der Waals surface area contributed by atoms with Gasteiger partial charge in [-0.15, -0.1) is 0 Å². The van der Waals surface area contributed by atoms with E-state index in [0.29, 0.717) is 11.5 Å². The number of hydrogen-bond donors (Lipinski definition) is 5. The maximum Gasteiger partial charge on any atom is 0.470 e. The number of ether oxygens (including phenoxy) is 3. The minimum atomic E-state index is -5.00. The molecule has 2 rings (SSSR count). The van der Waals surface area contributed by atoms with Crippen LogP contribution in [0.3, 0.4) is 0 Å². The summed E-state index contributed by atoms with van der Waals surface area (Å²) in [6.07, 6.45) is -5.79. The summed E-state index contributed by atoms with van der Waals surface area (Å²) >= 11 is 0. The van der Waals surface area contributed by atoms with E-state index in [-0.39, 0.29) is 0 Å². The number of rotatable bonds is 7. The van der Waals surface area contributed by atoms with Crippen molar-refractivity contribution in [3.63, 3.8) is 0 Å². The number of aliphatic hydroxyl groups is 2. The highest BCUT2D eigenvalue weighted by Gasteiger charge is 2.49. The van der Waals surface area contributed by atoms with E-state index >= 15 is 0 Å². The first-order valence-corrected chi connectivity index (χ1v) is 9.43. The van der Waals surface area contributed by atoms with Crippen LogP contribution in [0.4, 0.5) is 0 Å². The first-order valence-electron chi connectivity index (χ1n) is 7.90. The number of phosphoric acid groups is 1. The van der Waals surface area contributed by atoms with E-state index in [2.05, 4.69) is 9.84 Å². The first kappa shape index (κ1) is 21.6. The Morgan fingerprint density at radius 2 is 1.85 bits per heavy atom. The van der Waals surface area contributed by atoms with Crippen LogP contribution < -0.4 is 14.8 Å². The van der Waals surface area contributed by atoms with Crippen LogP contribution in [0.15, 0.2) is 24.3 Å². The van der Waals surface area contributed by atoms with Gasteiger partial charge in [0.2, 0.25) is 12.2 Å². The second kappa shape index (κ2) is 8.98. The Morgan fingerprint density at radius 1 is 1.26 bits per heavy atom. The van der Waals surface area contributed by atoms with Crippen LogP contribution in [0.1, 0.15) is 6.92 Å². The molecule has 5 N–H and O–H groups in total. The molecule has 1 amide bonds. The molecule has 0 radical (unpaired) electrons. The van der Waals surface area contributed by atoms with Gasteiger partial charge in [-0.1, -0.05) is 0 Å². The van der Waals surface area contributed by atoms with E-state index in [1.165, 1.54) is 14.0 Å². The molecule has 11 nitrogen and oxygen atoms in total. The molecule has 1 aromatic rings. The second-order valence-electron chi connectivity index (χ2n) is 5.80. The van der Waals surface area contributed by atoms with Crippen molar-refractivity contribution < 1.29 is 48.1 Å². The van der Waals surface area contributed by atoms with Crippen LogP contribution in [-0.2, 0) is 18.6 Å². The minimum Gasteiger partial charge on any atom is -0.497 e. The molecule has 0 unspecified atom stereocenters. The summed E-state index contributed by atoms with van der Waals surface area (Å²) in [5, 5.41) is 22.4. The number of carbonyl (C=O) groups excluding carboxylic acids is 1. The molecule has 1 aromatic carbocycles. The van der Waals surface area contributed by atoms with E-state index in [9.17, 15) is 19.6 Å². The third-order valence-corrected chi connectivity index (χ3v) is 4.31. The van der Waals surface area contributed by atoms with Crippen LogP contribution in [0.5, 0.6) is 11.5 Å². The number of aliphatic hydroxyl groups excluding tert-OH is 2. The molecular formula is C15H22NO10P. The Bertz CT molecular complexity index is 678. The normalized spacial score (nSPS) is 28.4. The average molecular weight is 407 g/mol. The van der Waals surface area contributed by atoms with Gasteiger partial charge in [0, 0.05) is 6.92 Å². The van der Waals surface area contributed by atoms with Gasteiger partial charge in [0.15, 0.2) is 0 Å². The lowest BCUT2D eigenvalue weighted by Gasteiger charge is -2.43. The Labute approximate surface area is 155 Å². The SMILES string of the molecule is COc1ccc(O[C@@H]2O[C@H](CO)[C@H](OP(=O)(O)O)[C@H](O)[C@H]2NC(C)=O)cc1. The predicted molar refractivity (Wildman–Crippen MR) is 89.9 cm³/mol. The molecule has 0 aliphatic carbocycles. The topological polar surface area (TPSA) is 164 Å². The molecule has 1 aliphatic heterocycles. The Kier molecular flexibility index (Phi) is 7.18. The van der Waals surface area contributed by atoms with Crippen molar-refractivity contribution in [1.29, 1.82) is 0 Å². The number of benzene rings is 1. The lowest BCUT2D eigenvalue weighted by molar-refractivity contribution is -0.241. The summed E-state index contributed by atoms with van der Waals surface area (Å²) in [6, 6.07) is 5.14. The summed E-state index contributed by atoms with van der Waals surface area (Å²) < 4.78 is 31.9. The number of carbonyl (C=O) groups is 1. The summed E-state index contributed by atoms with van der Waals surface area (Å²) in [6.45, 7) is 0.477. The highest BCUT2D eigenvalue weighted by molar-refractivity contribution is 7.46. The molecule has 152 valence electrons. The van der Waals surface area contributed by atoms with Crippen LogP contribution in [0, 0.1) is 0 Å². The summed E-state index contributed by atoms with van der Waals surface area (Å²) in [5.41, 5.74) is 0. The van der Waals surface area contributed by atoms with Crippen LogP contribution in [0.2, 0.25) is 0 Å². The minimum absolute atomic E-state index is 0.314. The van der Waals surface area contributed by atoms with Gasteiger partial charge < -0.3 is 39.5 Å². The van der Waals surface area contributed by atoms with Crippen LogP contribution in [-0.4, -0.2) is 70.3 Å². The lowest BCUT2D eigenvalue weighted by Crippen LogP contribution is -2.65. The molecule has 27 heavy (non-hydrogen) atoms. The van der Waals surface area contributed by atoms with Crippen LogP contribution >= 0.6 is 7.82 Å². The van der Waals surface area contributed by atoms with Crippen molar-refractivity contribution in [3.8, 4) is 11.5 Å². The number of hydrogen-bond acceptors (Lipinski definition) is 8. The Morgan fingerprint density at radius 3 is 2.33 bits per heavy atom. The van der Waals surface area contributed by atoms with E-state index < -0.39 is 51.0 Å². The monoisotopic (exact) mass is 407 g/mol. The number of amides is 1. The van der Waals surface area contributed by atoms with Gasteiger partial charge in [0.25, 0.3) is 0 Å². The zero-order valence-electron chi connectivity index (χ0n) is 14.6. The predicted octanol–water partition coefficient (Wildman–Crippen LogP) is -0.865. The molecule has 5 atom stereocenters. The largest absolute Gasteiger partial charge is 0.497 e.